The van der Waals surface area contributed by atoms with Crippen LogP contribution in [0.5, 0.6) is 0 Å². The van der Waals surface area contributed by atoms with Gasteiger partial charge in [0.15, 0.2) is 0 Å². The molecule has 2 N–H and O–H groups in total. The number of rotatable bonds is 9. The normalized spacial score (nSPS) is 12.0. The molecule has 31 heavy (non-hydrogen) atoms. The van der Waals surface area contributed by atoms with E-state index in [1.165, 1.54) is 100 Å². The van der Waals surface area contributed by atoms with E-state index in [1.807, 2.05) is 0 Å². The van der Waals surface area contributed by atoms with Crippen molar-refractivity contribution in [3.05, 3.63) is 66.2 Å². The minimum atomic E-state index is 0.872. The van der Waals surface area contributed by atoms with E-state index in [0.717, 1.165) is 12.1 Å². The van der Waals surface area contributed by atoms with Crippen LogP contribution in [0.25, 0.3) is 43.1 Å². The summed E-state index contributed by atoms with van der Waals surface area (Å²) in [4.78, 5) is 0. The quantitative estimate of drug-likeness (QED) is 0.112. The Kier molecular flexibility index (Phi) is 5.68. The monoisotopic (exact) mass is 407 g/mol. The molecule has 0 saturated heterocycles. The largest absolute Gasteiger partial charge is 0.398 e. The number of anilines is 1. The van der Waals surface area contributed by atoms with Crippen molar-refractivity contribution in [1.29, 1.82) is 0 Å². The number of nitrogens with two attached hydrogens (primary N) is 1. The summed E-state index contributed by atoms with van der Waals surface area (Å²) in [6.07, 6.45) is 12.0. The molecule has 0 aromatic heterocycles. The van der Waals surface area contributed by atoms with E-state index in [0.29, 0.717) is 0 Å². The molecule has 5 aromatic carbocycles. The Hall–Kier alpha value is -2.80. The van der Waals surface area contributed by atoms with Gasteiger partial charge in [-0.3, -0.25) is 0 Å². The number of hydrogen-bond donors (Lipinski definition) is 1. The molecular formula is C30H33N. The highest BCUT2D eigenvalue weighted by molar-refractivity contribution is 6.34. The summed E-state index contributed by atoms with van der Waals surface area (Å²) < 4.78 is 0. The van der Waals surface area contributed by atoms with Gasteiger partial charge < -0.3 is 5.73 Å². The first-order valence-corrected chi connectivity index (χ1v) is 12.2. The SMILES string of the molecule is CCCCCCCCCCc1ccc2cccc3c4cccc5c(N)ccc(c1c23)c54. The van der Waals surface area contributed by atoms with Crippen LogP contribution in [0.1, 0.15) is 63.9 Å². The van der Waals surface area contributed by atoms with Crippen molar-refractivity contribution < 1.29 is 0 Å². The van der Waals surface area contributed by atoms with Gasteiger partial charge in [-0.2, -0.15) is 0 Å². The molecule has 0 aliphatic heterocycles. The molecule has 0 spiro atoms. The predicted molar refractivity (Wildman–Crippen MR) is 138 cm³/mol. The van der Waals surface area contributed by atoms with Gasteiger partial charge >= 0.3 is 0 Å². The third-order valence-corrected chi connectivity index (χ3v) is 7.07. The van der Waals surface area contributed by atoms with Gasteiger partial charge in [-0.05, 0) is 62.2 Å². The van der Waals surface area contributed by atoms with Crippen molar-refractivity contribution in [2.45, 2.75) is 64.7 Å². The summed E-state index contributed by atoms with van der Waals surface area (Å²) >= 11 is 0. The average molecular weight is 408 g/mol. The van der Waals surface area contributed by atoms with Crippen LogP contribution in [-0.4, -0.2) is 0 Å². The Morgan fingerprint density at radius 2 is 1.23 bits per heavy atom. The number of aryl methyl sites for hydroxylation is 1. The van der Waals surface area contributed by atoms with Crippen molar-refractivity contribution in [3.8, 4) is 0 Å². The number of fused-ring (bicyclic) bond motifs is 2. The van der Waals surface area contributed by atoms with Crippen molar-refractivity contribution in [3.63, 3.8) is 0 Å². The molecule has 0 amide bonds. The number of hydrogen-bond acceptors (Lipinski definition) is 1. The van der Waals surface area contributed by atoms with Gasteiger partial charge in [-0.15, -0.1) is 0 Å². The summed E-state index contributed by atoms with van der Waals surface area (Å²) in [5.74, 6) is 0. The average Bonchev–Trinajstić information content (AvgIpc) is 2.80. The molecule has 0 aliphatic rings. The van der Waals surface area contributed by atoms with Gasteiger partial charge in [-0.1, -0.05) is 106 Å². The van der Waals surface area contributed by atoms with E-state index in [4.69, 9.17) is 5.73 Å². The van der Waals surface area contributed by atoms with Crippen LogP contribution in [0.15, 0.2) is 60.7 Å². The van der Waals surface area contributed by atoms with E-state index in [9.17, 15) is 0 Å². The summed E-state index contributed by atoms with van der Waals surface area (Å²) in [6, 6.07) is 22.3. The van der Waals surface area contributed by atoms with Gasteiger partial charge in [0.1, 0.15) is 0 Å². The summed E-state index contributed by atoms with van der Waals surface area (Å²) in [6.45, 7) is 2.29. The van der Waals surface area contributed by atoms with Crippen molar-refractivity contribution in [1.82, 2.24) is 0 Å². The highest BCUT2D eigenvalue weighted by atomic mass is 14.5. The van der Waals surface area contributed by atoms with Crippen molar-refractivity contribution in [2.24, 2.45) is 0 Å². The van der Waals surface area contributed by atoms with Crippen LogP contribution in [-0.2, 0) is 6.42 Å². The van der Waals surface area contributed by atoms with Gasteiger partial charge in [0.2, 0.25) is 0 Å². The Labute approximate surface area is 185 Å². The molecule has 5 rings (SSSR count). The Morgan fingerprint density at radius 1 is 0.548 bits per heavy atom. The van der Waals surface area contributed by atoms with Gasteiger partial charge in [0.05, 0.1) is 0 Å². The van der Waals surface area contributed by atoms with E-state index < -0.39 is 0 Å². The lowest BCUT2D eigenvalue weighted by Crippen LogP contribution is -1.95. The first-order valence-electron chi connectivity index (χ1n) is 12.2. The van der Waals surface area contributed by atoms with Crippen LogP contribution in [0.2, 0.25) is 0 Å². The number of benzene rings is 5. The van der Waals surface area contributed by atoms with Crippen LogP contribution in [0, 0.1) is 0 Å². The maximum atomic E-state index is 6.39. The lowest BCUT2D eigenvalue weighted by Gasteiger charge is -2.18. The molecule has 0 radical (unpaired) electrons. The second-order valence-corrected chi connectivity index (χ2v) is 9.16. The van der Waals surface area contributed by atoms with Crippen molar-refractivity contribution >= 4 is 48.8 Å². The maximum Gasteiger partial charge on any atom is 0.0394 e. The Balaban J connectivity index is 1.54. The molecule has 5 aromatic rings. The third kappa shape index (κ3) is 3.61. The summed E-state index contributed by atoms with van der Waals surface area (Å²) in [5, 5.41) is 10.7. The zero-order valence-corrected chi connectivity index (χ0v) is 18.7. The van der Waals surface area contributed by atoms with Crippen LogP contribution >= 0.6 is 0 Å². The fraction of sp³-hybridized carbons (Fsp3) is 0.333. The zero-order valence-electron chi connectivity index (χ0n) is 18.7. The smallest absolute Gasteiger partial charge is 0.0394 e. The molecule has 0 unspecified atom stereocenters. The van der Waals surface area contributed by atoms with E-state index in [2.05, 4.69) is 67.6 Å². The minimum Gasteiger partial charge on any atom is -0.398 e. The topological polar surface area (TPSA) is 26.0 Å². The molecule has 0 atom stereocenters. The van der Waals surface area contributed by atoms with E-state index in [1.54, 1.807) is 0 Å². The molecule has 158 valence electrons. The van der Waals surface area contributed by atoms with Gasteiger partial charge in [-0.25, -0.2) is 0 Å². The van der Waals surface area contributed by atoms with Gasteiger partial charge in [0, 0.05) is 11.1 Å². The highest BCUT2D eigenvalue weighted by Gasteiger charge is 2.16. The molecular weight excluding hydrogens is 374 g/mol. The molecule has 0 fully saturated rings. The Morgan fingerprint density at radius 3 is 2.03 bits per heavy atom. The fourth-order valence-electron chi connectivity index (χ4n) is 5.47. The standard InChI is InChI=1S/C30H33N/c1-2-3-4-5-6-7-8-9-12-21-17-18-22-13-10-14-23-24-15-11-16-25-27(31)20-19-26(30(24)25)29(21)28(22)23/h10-11,13-20H,2-9,12,31H2,1H3. The summed E-state index contributed by atoms with van der Waals surface area (Å²) in [7, 11) is 0. The fourth-order valence-corrected chi connectivity index (χ4v) is 5.47. The zero-order chi connectivity index (χ0) is 21.2. The summed E-state index contributed by atoms with van der Waals surface area (Å²) in [5.41, 5.74) is 8.75. The predicted octanol–water partition coefficient (Wildman–Crippen LogP) is 9.00. The van der Waals surface area contributed by atoms with E-state index >= 15 is 0 Å². The first-order chi connectivity index (χ1) is 15.3. The molecule has 0 bridgehead atoms. The lowest BCUT2D eigenvalue weighted by molar-refractivity contribution is 0.576. The van der Waals surface area contributed by atoms with Crippen LogP contribution < -0.4 is 5.73 Å². The molecule has 1 heteroatoms. The number of unbranched alkanes of at least 4 members (excludes halogenated alkanes) is 7. The minimum absolute atomic E-state index is 0.872. The Bertz CT molecular complexity index is 1330. The lowest BCUT2D eigenvalue weighted by atomic mass is 9.86. The van der Waals surface area contributed by atoms with Crippen molar-refractivity contribution in [2.75, 3.05) is 5.73 Å². The number of nitrogen functional groups attached to an aromatic ring is 1. The van der Waals surface area contributed by atoms with Gasteiger partial charge in [0.25, 0.3) is 0 Å². The van der Waals surface area contributed by atoms with Crippen LogP contribution in [0.4, 0.5) is 5.69 Å². The second-order valence-electron chi connectivity index (χ2n) is 9.16. The van der Waals surface area contributed by atoms with E-state index in [-0.39, 0.29) is 0 Å². The molecule has 0 heterocycles. The second kappa shape index (κ2) is 8.75. The third-order valence-electron chi connectivity index (χ3n) is 7.07. The molecule has 0 aliphatic carbocycles. The molecule has 0 saturated carbocycles. The first kappa shape index (κ1) is 20.1. The van der Waals surface area contributed by atoms with Crippen LogP contribution in [0.3, 0.4) is 0 Å². The molecule has 1 nitrogen and oxygen atoms in total. The maximum absolute atomic E-state index is 6.39. The highest BCUT2D eigenvalue weighted by Crippen LogP contribution is 2.43.